The summed E-state index contributed by atoms with van der Waals surface area (Å²) in [6, 6.07) is 35.1. The predicted molar refractivity (Wildman–Crippen MR) is 151 cm³/mol. The number of furan rings is 1. The van der Waals surface area contributed by atoms with Gasteiger partial charge >= 0.3 is 0 Å². The van der Waals surface area contributed by atoms with Gasteiger partial charge in [-0.15, -0.1) is 0 Å². The maximum absolute atomic E-state index is 6.50. The Bertz CT molecular complexity index is 1900. The normalized spacial score (nSPS) is 17.7. The van der Waals surface area contributed by atoms with Crippen molar-refractivity contribution in [3.63, 3.8) is 0 Å². The van der Waals surface area contributed by atoms with Gasteiger partial charge in [0, 0.05) is 16.7 Å². The Morgan fingerprint density at radius 3 is 2.29 bits per heavy atom. The molecular weight excluding hydrogens is 468 g/mol. The molecule has 1 aliphatic carbocycles. The van der Waals surface area contributed by atoms with E-state index in [1.165, 1.54) is 5.56 Å². The lowest BCUT2D eigenvalue weighted by Gasteiger charge is -2.22. The Morgan fingerprint density at radius 2 is 1.45 bits per heavy atom. The summed E-state index contributed by atoms with van der Waals surface area (Å²) in [7, 11) is 0. The number of para-hydroxylation sites is 1. The Kier molecular flexibility index (Phi) is 4.61. The van der Waals surface area contributed by atoms with Gasteiger partial charge in [-0.1, -0.05) is 103 Å². The summed E-state index contributed by atoms with van der Waals surface area (Å²) in [5, 5.41) is 1.00. The zero-order valence-electron chi connectivity index (χ0n) is 20.4. The summed E-state index contributed by atoms with van der Waals surface area (Å²) in [5.41, 5.74) is 8.54. The van der Waals surface area contributed by atoms with Gasteiger partial charge in [-0.05, 0) is 29.3 Å². The maximum atomic E-state index is 6.50. The minimum absolute atomic E-state index is 0.0315. The van der Waals surface area contributed by atoms with Gasteiger partial charge in [-0.3, -0.25) is 0 Å². The standard InChI is InChI=1S/C34H22N2O2/c1-3-11-21(12-4-1)23-16-9-20-28-30(23)32-33(38-28)31(22-13-5-2-6-14-22)35-34(36-32)25-17-10-19-27-29(25)24-15-7-8-18-26(24)37-27/h1-20,27,29H. The molecule has 0 spiro atoms. The molecule has 4 aromatic carbocycles. The number of ether oxygens (including phenoxy) is 1. The SMILES string of the molecule is C1=CC2Oc3ccccc3C2C(c2nc(-c3ccccc3)c3oc4cccc(-c5ccccc5)c4c3n2)=C1. The van der Waals surface area contributed by atoms with E-state index in [1.807, 2.05) is 48.5 Å². The van der Waals surface area contributed by atoms with Gasteiger partial charge in [-0.25, -0.2) is 9.97 Å². The second-order valence-electron chi connectivity index (χ2n) is 9.69. The average Bonchev–Trinajstić information content (AvgIpc) is 3.56. The number of hydrogen-bond donors (Lipinski definition) is 0. The Labute approximate surface area is 219 Å². The van der Waals surface area contributed by atoms with Crippen molar-refractivity contribution in [3.8, 4) is 28.1 Å². The van der Waals surface area contributed by atoms with Crippen LogP contribution in [0.5, 0.6) is 5.75 Å². The fourth-order valence-corrected chi connectivity index (χ4v) is 5.78. The first kappa shape index (κ1) is 21.2. The molecule has 0 radical (unpaired) electrons. The average molecular weight is 491 g/mol. The molecule has 3 heterocycles. The number of aromatic nitrogens is 2. The van der Waals surface area contributed by atoms with Crippen molar-refractivity contribution >= 4 is 27.6 Å². The fraction of sp³-hybridized carbons (Fsp3) is 0.0588. The van der Waals surface area contributed by atoms with E-state index in [0.717, 1.165) is 50.2 Å². The van der Waals surface area contributed by atoms with E-state index in [9.17, 15) is 0 Å². The van der Waals surface area contributed by atoms with Crippen molar-refractivity contribution in [2.75, 3.05) is 0 Å². The second-order valence-corrected chi connectivity index (χ2v) is 9.69. The van der Waals surface area contributed by atoms with Crippen LogP contribution in [0.4, 0.5) is 0 Å². The van der Waals surface area contributed by atoms with Gasteiger partial charge in [0.25, 0.3) is 0 Å². The summed E-state index contributed by atoms with van der Waals surface area (Å²) < 4.78 is 12.8. The van der Waals surface area contributed by atoms with Crippen LogP contribution < -0.4 is 4.74 Å². The zero-order valence-corrected chi connectivity index (χ0v) is 20.4. The van der Waals surface area contributed by atoms with E-state index in [1.54, 1.807) is 0 Å². The summed E-state index contributed by atoms with van der Waals surface area (Å²) in [6.45, 7) is 0. The Morgan fingerprint density at radius 1 is 0.684 bits per heavy atom. The highest BCUT2D eigenvalue weighted by atomic mass is 16.5. The zero-order chi connectivity index (χ0) is 25.1. The lowest BCUT2D eigenvalue weighted by atomic mass is 9.84. The molecule has 0 saturated heterocycles. The van der Waals surface area contributed by atoms with Crippen LogP contribution in [-0.2, 0) is 0 Å². The van der Waals surface area contributed by atoms with Crippen LogP contribution >= 0.6 is 0 Å². The van der Waals surface area contributed by atoms with E-state index in [2.05, 4.69) is 72.8 Å². The topological polar surface area (TPSA) is 48.2 Å². The molecule has 1 aliphatic heterocycles. The summed E-state index contributed by atoms with van der Waals surface area (Å²) >= 11 is 0. The fourth-order valence-electron chi connectivity index (χ4n) is 5.78. The molecule has 2 aliphatic rings. The highest BCUT2D eigenvalue weighted by Crippen LogP contribution is 2.48. The molecular formula is C34H22N2O2. The molecule has 2 atom stereocenters. The number of fused-ring (bicyclic) bond motifs is 6. The monoisotopic (exact) mass is 490 g/mol. The van der Waals surface area contributed by atoms with Crippen LogP contribution in [0.3, 0.4) is 0 Å². The van der Waals surface area contributed by atoms with Gasteiger partial charge in [0.1, 0.15) is 28.6 Å². The lowest BCUT2D eigenvalue weighted by Crippen LogP contribution is -2.20. The third kappa shape index (κ3) is 3.17. The summed E-state index contributed by atoms with van der Waals surface area (Å²) in [5.74, 6) is 1.65. The van der Waals surface area contributed by atoms with Crippen LogP contribution in [0.25, 0.3) is 50.0 Å². The van der Waals surface area contributed by atoms with Crippen molar-refractivity contribution < 1.29 is 9.15 Å². The van der Waals surface area contributed by atoms with Gasteiger partial charge in [-0.2, -0.15) is 0 Å². The largest absolute Gasteiger partial charge is 0.485 e. The molecule has 8 rings (SSSR count). The molecule has 180 valence electrons. The van der Waals surface area contributed by atoms with Crippen molar-refractivity contribution in [2.24, 2.45) is 0 Å². The van der Waals surface area contributed by atoms with Crippen molar-refractivity contribution in [1.82, 2.24) is 9.97 Å². The maximum Gasteiger partial charge on any atom is 0.180 e. The molecule has 0 amide bonds. The molecule has 4 heteroatoms. The first-order chi connectivity index (χ1) is 18.8. The first-order valence-corrected chi connectivity index (χ1v) is 12.8. The van der Waals surface area contributed by atoms with Crippen LogP contribution in [-0.4, -0.2) is 16.1 Å². The number of nitrogens with zero attached hydrogens (tertiary/aromatic N) is 2. The van der Waals surface area contributed by atoms with E-state index in [0.29, 0.717) is 11.4 Å². The van der Waals surface area contributed by atoms with Crippen molar-refractivity contribution in [1.29, 1.82) is 0 Å². The van der Waals surface area contributed by atoms with Gasteiger partial charge in [0.05, 0.1) is 11.3 Å². The van der Waals surface area contributed by atoms with E-state index in [-0.39, 0.29) is 12.0 Å². The minimum atomic E-state index is -0.0761. The van der Waals surface area contributed by atoms with E-state index >= 15 is 0 Å². The van der Waals surface area contributed by atoms with Crippen LogP contribution in [0.2, 0.25) is 0 Å². The number of allylic oxidation sites excluding steroid dienone is 2. The first-order valence-electron chi connectivity index (χ1n) is 12.8. The third-order valence-corrected chi connectivity index (χ3v) is 7.49. The molecule has 0 N–H and O–H groups in total. The van der Waals surface area contributed by atoms with Crippen molar-refractivity contribution in [3.05, 3.63) is 133 Å². The summed E-state index contributed by atoms with van der Waals surface area (Å²) in [6.07, 6.45) is 6.23. The van der Waals surface area contributed by atoms with Gasteiger partial charge in [0.15, 0.2) is 11.4 Å². The highest BCUT2D eigenvalue weighted by Gasteiger charge is 2.38. The molecule has 0 bridgehead atoms. The van der Waals surface area contributed by atoms with E-state index < -0.39 is 0 Å². The number of benzene rings is 4. The molecule has 0 saturated carbocycles. The third-order valence-electron chi connectivity index (χ3n) is 7.49. The molecule has 0 fully saturated rings. The van der Waals surface area contributed by atoms with Gasteiger partial charge in [0.2, 0.25) is 0 Å². The molecule has 2 aromatic heterocycles. The number of hydrogen-bond acceptors (Lipinski definition) is 4. The highest BCUT2D eigenvalue weighted by molar-refractivity contribution is 6.13. The quantitative estimate of drug-likeness (QED) is 0.251. The summed E-state index contributed by atoms with van der Waals surface area (Å²) in [4.78, 5) is 10.4. The lowest BCUT2D eigenvalue weighted by molar-refractivity contribution is 0.271. The smallest absolute Gasteiger partial charge is 0.180 e. The molecule has 2 unspecified atom stereocenters. The molecule has 4 nitrogen and oxygen atoms in total. The minimum Gasteiger partial charge on any atom is -0.485 e. The van der Waals surface area contributed by atoms with Crippen molar-refractivity contribution in [2.45, 2.75) is 12.0 Å². The molecule has 6 aromatic rings. The van der Waals surface area contributed by atoms with E-state index in [4.69, 9.17) is 19.1 Å². The predicted octanol–water partition coefficient (Wildman–Crippen LogP) is 8.21. The number of rotatable bonds is 3. The van der Waals surface area contributed by atoms with Crippen LogP contribution in [0.15, 0.2) is 126 Å². The van der Waals surface area contributed by atoms with Gasteiger partial charge < -0.3 is 9.15 Å². The Balaban J connectivity index is 1.43. The van der Waals surface area contributed by atoms with Crippen LogP contribution in [0, 0.1) is 0 Å². The van der Waals surface area contributed by atoms with Crippen LogP contribution in [0.1, 0.15) is 17.3 Å². The molecule has 38 heavy (non-hydrogen) atoms. The second kappa shape index (κ2) is 8.29. The Hall–Kier alpha value is -4.96.